The number of nitrogens with one attached hydrogen (secondary N) is 1. The number of fused-ring (bicyclic) bond motifs is 2. The number of esters is 1. The SMILES string of the molecule is CCOC(=O)CCCNC(c1ccccc1)C1CSc2c(Cc3c(F)cccc3C(F)(F)F)c(C)c(-c3ccc4c(c3F)OCO4)c(=O)n21. The van der Waals surface area contributed by atoms with Gasteiger partial charge in [-0.05, 0) is 67.8 Å². The highest BCUT2D eigenvalue weighted by Crippen LogP contribution is 2.46. The fraction of sp³-hybridized carbons (Fsp3) is 0.333. The number of hydrogen-bond donors (Lipinski definition) is 1. The highest BCUT2D eigenvalue weighted by molar-refractivity contribution is 7.99. The highest BCUT2D eigenvalue weighted by atomic mass is 32.2. The summed E-state index contributed by atoms with van der Waals surface area (Å²) in [5, 5.41) is 3.85. The Balaban J connectivity index is 1.52. The van der Waals surface area contributed by atoms with E-state index in [2.05, 4.69) is 5.32 Å². The molecule has 2 aliphatic rings. The van der Waals surface area contributed by atoms with Crippen LogP contribution in [0.5, 0.6) is 11.5 Å². The molecule has 3 heterocycles. The van der Waals surface area contributed by atoms with E-state index in [9.17, 15) is 22.8 Å². The Hall–Kier alpha value is -4.36. The minimum absolute atomic E-state index is 0.0685. The number of thioether (sulfide) groups is 1. The van der Waals surface area contributed by atoms with Crippen LogP contribution < -0.4 is 20.3 Å². The number of halogens is 5. The van der Waals surface area contributed by atoms with Crippen LogP contribution in [0.1, 0.15) is 59.7 Å². The van der Waals surface area contributed by atoms with Crippen LogP contribution in [0, 0.1) is 18.6 Å². The molecule has 0 aliphatic carbocycles. The van der Waals surface area contributed by atoms with Gasteiger partial charge in [-0.3, -0.25) is 14.2 Å². The number of nitrogens with zero attached hydrogens (tertiary/aromatic N) is 1. The van der Waals surface area contributed by atoms with Gasteiger partial charge in [0.2, 0.25) is 12.5 Å². The first kappa shape index (κ1) is 34.5. The van der Waals surface area contributed by atoms with Crippen molar-refractivity contribution in [2.75, 3.05) is 25.7 Å². The zero-order chi connectivity index (χ0) is 34.9. The van der Waals surface area contributed by atoms with E-state index >= 15 is 8.78 Å². The monoisotopic (exact) mass is 700 g/mol. The molecule has 4 aromatic rings. The molecule has 0 radical (unpaired) electrons. The van der Waals surface area contributed by atoms with Gasteiger partial charge in [0, 0.05) is 29.7 Å². The van der Waals surface area contributed by atoms with Crippen molar-refractivity contribution in [2.45, 2.75) is 56.4 Å². The number of hydrogen-bond acceptors (Lipinski definition) is 7. The molecule has 6 rings (SSSR count). The molecule has 7 nitrogen and oxygen atoms in total. The maximum Gasteiger partial charge on any atom is 0.416 e. The van der Waals surface area contributed by atoms with Crippen LogP contribution in [0.2, 0.25) is 0 Å². The first-order valence-electron chi connectivity index (χ1n) is 15.8. The van der Waals surface area contributed by atoms with Gasteiger partial charge in [0.15, 0.2) is 11.6 Å². The second kappa shape index (κ2) is 14.2. The lowest BCUT2D eigenvalue weighted by Crippen LogP contribution is -2.36. The molecule has 3 aromatic carbocycles. The molecule has 1 aromatic heterocycles. The zero-order valence-electron chi connectivity index (χ0n) is 26.7. The Bertz CT molecular complexity index is 1930. The maximum atomic E-state index is 16.0. The largest absolute Gasteiger partial charge is 0.466 e. The molecule has 0 fully saturated rings. The minimum atomic E-state index is -4.84. The van der Waals surface area contributed by atoms with Crippen molar-refractivity contribution in [1.29, 1.82) is 0 Å². The number of benzene rings is 3. The van der Waals surface area contributed by atoms with Gasteiger partial charge in [-0.1, -0.05) is 36.4 Å². The van der Waals surface area contributed by atoms with Crippen molar-refractivity contribution in [3.8, 4) is 22.6 Å². The fourth-order valence-electron chi connectivity index (χ4n) is 6.47. The second-order valence-corrected chi connectivity index (χ2v) is 12.7. The third kappa shape index (κ3) is 6.78. The molecule has 2 atom stereocenters. The van der Waals surface area contributed by atoms with Gasteiger partial charge >= 0.3 is 12.1 Å². The third-order valence-electron chi connectivity index (χ3n) is 8.76. The second-order valence-electron chi connectivity index (χ2n) is 11.7. The number of carbonyl (C=O) groups excluding carboxylic acids is 1. The summed E-state index contributed by atoms with van der Waals surface area (Å²) in [4.78, 5) is 26.6. The van der Waals surface area contributed by atoms with Gasteiger partial charge in [-0.25, -0.2) is 8.78 Å². The van der Waals surface area contributed by atoms with Crippen molar-refractivity contribution < 1.29 is 41.0 Å². The fourth-order valence-corrected chi connectivity index (χ4v) is 7.90. The van der Waals surface area contributed by atoms with E-state index in [4.69, 9.17) is 14.2 Å². The topological polar surface area (TPSA) is 78.8 Å². The Kier molecular flexibility index (Phi) is 10.0. The van der Waals surface area contributed by atoms with Crippen molar-refractivity contribution >= 4 is 17.7 Å². The number of rotatable bonds is 11. The van der Waals surface area contributed by atoms with E-state index in [-0.39, 0.29) is 59.5 Å². The summed E-state index contributed by atoms with van der Waals surface area (Å²) in [5.41, 5.74) is -1.09. The molecule has 258 valence electrons. The number of carbonyl (C=O) groups is 1. The Morgan fingerprint density at radius 1 is 1.06 bits per heavy atom. The first-order valence-corrected chi connectivity index (χ1v) is 16.8. The maximum absolute atomic E-state index is 16.0. The lowest BCUT2D eigenvalue weighted by Gasteiger charge is -2.28. The number of pyridine rings is 1. The molecule has 13 heteroatoms. The number of aromatic nitrogens is 1. The van der Waals surface area contributed by atoms with Gasteiger partial charge < -0.3 is 19.5 Å². The van der Waals surface area contributed by atoms with Crippen molar-refractivity contribution in [3.63, 3.8) is 0 Å². The molecule has 2 aliphatic heterocycles. The summed E-state index contributed by atoms with van der Waals surface area (Å²) in [6.45, 7) is 3.71. The zero-order valence-corrected chi connectivity index (χ0v) is 27.5. The molecule has 49 heavy (non-hydrogen) atoms. The number of ether oxygens (including phenoxy) is 3. The van der Waals surface area contributed by atoms with Gasteiger partial charge in [0.25, 0.3) is 5.56 Å². The Labute approximate surface area is 283 Å². The predicted molar refractivity (Wildman–Crippen MR) is 174 cm³/mol. The average molecular weight is 701 g/mol. The van der Waals surface area contributed by atoms with Crippen LogP contribution in [0.15, 0.2) is 70.5 Å². The molecule has 0 spiro atoms. The molecule has 0 bridgehead atoms. The van der Waals surface area contributed by atoms with Gasteiger partial charge in [0.05, 0.1) is 34.8 Å². The lowest BCUT2D eigenvalue weighted by atomic mass is 9.91. The molecule has 0 saturated heterocycles. The smallest absolute Gasteiger partial charge is 0.416 e. The Morgan fingerprint density at radius 3 is 2.57 bits per heavy atom. The summed E-state index contributed by atoms with van der Waals surface area (Å²) in [6.07, 6.45) is -4.71. The predicted octanol–water partition coefficient (Wildman–Crippen LogP) is 7.76. The van der Waals surface area contributed by atoms with Crippen molar-refractivity contribution in [3.05, 3.63) is 110 Å². The minimum Gasteiger partial charge on any atom is -0.466 e. The highest BCUT2D eigenvalue weighted by Gasteiger charge is 2.39. The van der Waals surface area contributed by atoms with E-state index in [1.807, 2.05) is 30.3 Å². The number of alkyl halides is 3. The molecular weight excluding hydrogens is 667 g/mol. The third-order valence-corrected chi connectivity index (χ3v) is 9.98. The summed E-state index contributed by atoms with van der Waals surface area (Å²) in [6, 6.07) is 13.9. The van der Waals surface area contributed by atoms with Crippen LogP contribution in [0.4, 0.5) is 22.0 Å². The van der Waals surface area contributed by atoms with Crippen LogP contribution in [-0.4, -0.2) is 36.2 Å². The van der Waals surface area contributed by atoms with Crippen LogP contribution in [0.3, 0.4) is 0 Å². The van der Waals surface area contributed by atoms with Crippen LogP contribution >= 0.6 is 11.8 Å². The van der Waals surface area contributed by atoms with Crippen molar-refractivity contribution in [1.82, 2.24) is 9.88 Å². The van der Waals surface area contributed by atoms with E-state index < -0.39 is 53.0 Å². The molecule has 1 N–H and O–H groups in total. The summed E-state index contributed by atoms with van der Waals surface area (Å²) in [5.74, 6) is -1.90. The summed E-state index contributed by atoms with van der Waals surface area (Å²) in [7, 11) is 0. The van der Waals surface area contributed by atoms with Crippen molar-refractivity contribution in [2.24, 2.45) is 0 Å². The van der Waals surface area contributed by atoms with Gasteiger partial charge in [-0.2, -0.15) is 13.2 Å². The van der Waals surface area contributed by atoms with Crippen LogP contribution in [-0.2, 0) is 22.1 Å². The average Bonchev–Trinajstić information content (AvgIpc) is 3.73. The quantitative estimate of drug-likeness (QED) is 0.0974. The van der Waals surface area contributed by atoms with E-state index in [1.54, 1.807) is 13.8 Å². The van der Waals surface area contributed by atoms with Gasteiger partial charge in [-0.15, -0.1) is 11.8 Å². The molecule has 2 unspecified atom stereocenters. The first-order chi connectivity index (χ1) is 23.5. The van der Waals surface area contributed by atoms with E-state index in [0.29, 0.717) is 23.7 Å². The lowest BCUT2D eigenvalue weighted by molar-refractivity contribution is -0.143. The molecular formula is C36H33F5N2O5S. The normalized spacial score (nSPS) is 15.7. The summed E-state index contributed by atoms with van der Waals surface area (Å²) < 4.78 is 90.9. The summed E-state index contributed by atoms with van der Waals surface area (Å²) >= 11 is 1.28. The Morgan fingerprint density at radius 2 is 1.84 bits per heavy atom. The van der Waals surface area contributed by atoms with Gasteiger partial charge in [0.1, 0.15) is 5.82 Å². The van der Waals surface area contributed by atoms with E-state index in [0.717, 1.165) is 23.8 Å². The van der Waals surface area contributed by atoms with E-state index in [1.165, 1.54) is 28.5 Å². The van der Waals surface area contributed by atoms with Crippen LogP contribution in [0.25, 0.3) is 11.1 Å². The molecule has 0 saturated carbocycles. The standard InChI is InChI=1S/C36H33F5N2O5S/c1-3-46-29(44)13-8-16-42-32(21-9-5-4-6-10-21)27-18-49-35-23(17-24-25(36(39,40)41)11-7-12-26(24)37)20(2)30(34(45)43(27)35)22-14-15-28-33(31(22)38)48-19-47-28/h4-7,9-12,14-15,27,32,42H,3,8,13,16-19H2,1-2H3. The molecule has 0 amide bonds.